The highest BCUT2D eigenvalue weighted by atomic mass is 32.1. The predicted molar refractivity (Wildman–Crippen MR) is 87.5 cm³/mol. The maximum Gasteiger partial charge on any atom is 0.228 e. The molecule has 2 rings (SSSR count). The summed E-state index contributed by atoms with van der Waals surface area (Å²) in [5.41, 5.74) is 0.853. The zero-order valence-electron chi connectivity index (χ0n) is 13.2. The number of benzene rings is 1. The van der Waals surface area contributed by atoms with E-state index in [0.29, 0.717) is 16.4 Å². The van der Waals surface area contributed by atoms with Gasteiger partial charge in [-0.1, -0.05) is 13.8 Å². The molecule has 1 heterocycles. The van der Waals surface area contributed by atoms with Gasteiger partial charge in [-0.25, -0.2) is 13.8 Å². The second-order valence-electron chi connectivity index (χ2n) is 5.52. The average molecular weight is 353 g/mol. The minimum atomic E-state index is -0.690. The van der Waals surface area contributed by atoms with Crippen LogP contribution < -0.4 is 10.6 Å². The van der Waals surface area contributed by atoms with Crippen LogP contribution in [0.15, 0.2) is 23.6 Å². The summed E-state index contributed by atoms with van der Waals surface area (Å²) in [7, 11) is 0. The van der Waals surface area contributed by atoms with Gasteiger partial charge in [0, 0.05) is 23.9 Å². The highest BCUT2D eigenvalue weighted by Gasteiger charge is 2.12. The normalized spacial score (nSPS) is 10.7. The lowest BCUT2D eigenvalue weighted by Crippen LogP contribution is -2.24. The lowest BCUT2D eigenvalue weighted by atomic mass is 10.2. The summed E-state index contributed by atoms with van der Waals surface area (Å²) in [6.07, 6.45) is 0.0197. The van der Waals surface area contributed by atoms with Crippen molar-refractivity contribution in [2.75, 3.05) is 5.32 Å². The summed E-state index contributed by atoms with van der Waals surface area (Å²) in [4.78, 5) is 27.6. The van der Waals surface area contributed by atoms with Crippen LogP contribution in [0.1, 0.15) is 25.1 Å². The first-order valence-corrected chi connectivity index (χ1v) is 8.18. The third-order valence-electron chi connectivity index (χ3n) is 3.06. The molecule has 1 aromatic heterocycles. The first-order valence-electron chi connectivity index (χ1n) is 7.30. The highest BCUT2D eigenvalue weighted by Crippen LogP contribution is 2.16. The van der Waals surface area contributed by atoms with Crippen LogP contribution in [0, 0.1) is 17.6 Å². The number of carbonyl (C=O) groups excluding carboxylic acids is 2. The summed E-state index contributed by atoms with van der Waals surface area (Å²) in [6.45, 7) is 3.56. The standard InChI is InChI=1S/C16H17F2N3O2S/c1-9(2)15(23)21-16-20-13(8-24-16)6-14(22)19-7-10-3-11(17)5-12(18)4-10/h3-5,8-9H,6-7H2,1-2H3,(H,19,22)(H,20,21,23). The molecule has 0 aliphatic rings. The quantitative estimate of drug-likeness (QED) is 0.839. The second kappa shape index (κ2) is 7.96. The molecule has 128 valence electrons. The lowest BCUT2D eigenvalue weighted by molar-refractivity contribution is -0.120. The molecule has 5 nitrogen and oxygen atoms in total. The number of hydrogen-bond donors (Lipinski definition) is 2. The first kappa shape index (κ1) is 18.0. The van der Waals surface area contributed by atoms with Crippen molar-refractivity contribution in [3.8, 4) is 0 Å². The molecule has 0 spiro atoms. The zero-order chi connectivity index (χ0) is 17.7. The number of anilines is 1. The molecule has 0 fully saturated rings. The van der Waals surface area contributed by atoms with E-state index in [0.717, 1.165) is 18.2 Å². The Morgan fingerprint density at radius 3 is 2.50 bits per heavy atom. The summed E-state index contributed by atoms with van der Waals surface area (Å²) in [6, 6.07) is 3.09. The Balaban J connectivity index is 1.86. The van der Waals surface area contributed by atoms with E-state index in [-0.39, 0.29) is 30.7 Å². The Bertz CT molecular complexity index is 726. The molecule has 24 heavy (non-hydrogen) atoms. The third kappa shape index (κ3) is 5.38. The average Bonchev–Trinajstić information content (AvgIpc) is 2.91. The van der Waals surface area contributed by atoms with Crippen LogP contribution in [-0.4, -0.2) is 16.8 Å². The van der Waals surface area contributed by atoms with Crippen molar-refractivity contribution in [3.05, 3.63) is 46.5 Å². The van der Waals surface area contributed by atoms with Gasteiger partial charge in [0.15, 0.2) is 5.13 Å². The molecule has 0 radical (unpaired) electrons. The van der Waals surface area contributed by atoms with Gasteiger partial charge >= 0.3 is 0 Å². The molecule has 2 amide bonds. The third-order valence-corrected chi connectivity index (χ3v) is 3.87. The number of aromatic nitrogens is 1. The fraction of sp³-hybridized carbons (Fsp3) is 0.312. The molecule has 0 bridgehead atoms. The topological polar surface area (TPSA) is 71.1 Å². The van der Waals surface area contributed by atoms with Gasteiger partial charge in [0.25, 0.3) is 0 Å². The van der Waals surface area contributed by atoms with Crippen molar-refractivity contribution in [1.82, 2.24) is 10.3 Å². The van der Waals surface area contributed by atoms with E-state index < -0.39 is 11.6 Å². The van der Waals surface area contributed by atoms with Gasteiger partial charge in [-0.2, -0.15) is 0 Å². The number of thiazole rings is 1. The van der Waals surface area contributed by atoms with Gasteiger partial charge < -0.3 is 10.6 Å². The van der Waals surface area contributed by atoms with Gasteiger partial charge in [-0.15, -0.1) is 11.3 Å². The van der Waals surface area contributed by atoms with Gasteiger partial charge in [0.1, 0.15) is 11.6 Å². The fourth-order valence-corrected chi connectivity index (χ4v) is 2.55. The molecule has 2 N–H and O–H groups in total. The van der Waals surface area contributed by atoms with E-state index in [1.54, 1.807) is 19.2 Å². The molecule has 0 atom stereocenters. The van der Waals surface area contributed by atoms with Crippen LogP contribution in [-0.2, 0) is 22.6 Å². The summed E-state index contributed by atoms with van der Waals surface area (Å²) < 4.78 is 26.1. The molecule has 2 aromatic rings. The van der Waals surface area contributed by atoms with Gasteiger partial charge in [0.2, 0.25) is 11.8 Å². The van der Waals surface area contributed by atoms with Crippen LogP contribution in [0.3, 0.4) is 0 Å². The van der Waals surface area contributed by atoms with Crippen molar-refractivity contribution < 1.29 is 18.4 Å². The monoisotopic (exact) mass is 353 g/mol. The predicted octanol–water partition coefficient (Wildman–Crippen LogP) is 2.87. The van der Waals surface area contributed by atoms with Gasteiger partial charge in [-0.05, 0) is 17.7 Å². The lowest BCUT2D eigenvalue weighted by Gasteiger charge is -2.05. The molecule has 0 aliphatic heterocycles. The number of carbonyl (C=O) groups is 2. The minimum Gasteiger partial charge on any atom is -0.352 e. The van der Waals surface area contributed by atoms with Crippen molar-refractivity contribution >= 4 is 28.3 Å². The largest absolute Gasteiger partial charge is 0.352 e. The Hall–Kier alpha value is -2.35. The molecular weight excluding hydrogens is 336 g/mol. The minimum absolute atomic E-state index is 0.0197. The Kier molecular flexibility index (Phi) is 5.97. The summed E-state index contributed by atoms with van der Waals surface area (Å²) in [5.74, 6) is -2.01. The fourth-order valence-electron chi connectivity index (χ4n) is 1.84. The van der Waals surface area contributed by atoms with Crippen LogP contribution in [0.2, 0.25) is 0 Å². The highest BCUT2D eigenvalue weighted by molar-refractivity contribution is 7.13. The maximum absolute atomic E-state index is 13.1. The molecule has 1 aromatic carbocycles. The van der Waals surface area contributed by atoms with Crippen molar-refractivity contribution in [2.24, 2.45) is 5.92 Å². The molecular formula is C16H17F2N3O2S. The van der Waals surface area contributed by atoms with E-state index in [1.807, 2.05) is 0 Å². The van der Waals surface area contributed by atoms with Crippen LogP contribution in [0.4, 0.5) is 13.9 Å². The first-order chi connectivity index (χ1) is 11.3. The number of rotatable bonds is 6. The van der Waals surface area contributed by atoms with Crippen molar-refractivity contribution in [3.63, 3.8) is 0 Å². The number of nitrogens with one attached hydrogen (secondary N) is 2. The Labute approximate surface area is 142 Å². The number of nitrogens with zero attached hydrogens (tertiary/aromatic N) is 1. The van der Waals surface area contributed by atoms with Crippen molar-refractivity contribution in [1.29, 1.82) is 0 Å². The molecule has 0 unspecified atom stereocenters. The summed E-state index contributed by atoms with van der Waals surface area (Å²) >= 11 is 1.23. The van der Waals surface area contributed by atoms with Crippen molar-refractivity contribution in [2.45, 2.75) is 26.8 Å². The smallest absolute Gasteiger partial charge is 0.228 e. The molecule has 8 heteroatoms. The molecule has 0 saturated carbocycles. The summed E-state index contributed by atoms with van der Waals surface area (Å²) in [5, 5.41) is 7.35. The van der Waals surface area contributed by atoms with Gasteiger partial charge in [0.05, 0.1) is 12.1 Å². The number of hydrogen-bond acceptors (Lipinski definition) is 4. The van der Waals surface area contributed by atoms with Crippen LogP contribution in [0.25, 0.3) is 0 Å². The Morgan fingerprint density at radius 2 is 1.88 bits per heavy atom. The Morgan fingerprint density at radius 1 is 1.21 bits per heavy atom. The second-order valence-corrected chi connectivity index (χ2v) is 6.38. The van der Waals surface area contributed by atoms with E-state index >= 15 is 0 Å². The van der Waals surface area contributed by atoms with Gasteiger partial charge in [-0.3, -0.25) is 9.59 Å². The van der Waals surface area contributed by atoms with E-state index in [2.05, 4.69) is 15.6 Å². The van der Waals surface area contributed by atoms with Crippen LogP contribution in [0.5, 0.6) is 0 Å². The maximum atomic E-state index is 13.1. The van der Waals surface area contributed by atoms with E-state index in [1.165, 1.54) is 11.3 Å². The SMILES string of the molecule is CC(C)C(=O)Nc1nc(CC(=O)NCc2cc(F)cc(F)c2)cs1. The zero-order valence-corrected chi connectivity index (χ0v) is 14.0. The number of amides is 2. The molecule has 0 saturated heterocycles. The van der Waals surface area contributed by atoms with E-state index in [9.17, 15) is 18.4 Å². The van der Waals surface area contributed by atoms with Crippen LogP contribution >= 0.6 is 11.3 Å². The molecule has 0 aliphatic carbocycles. The van der Waals surface area contributed by atoms with E-state index in [4.69, 9.17) is 0 Å². The number of halogens is 2.